The van der Waals surface area contributed by atoms with Crippen LogP contribution >= 0.6 is 0 Å². The number of rotatable bonds is 6. The maximum atomic E-state index is 8.87. The highest BCUT2D eigenvalue weighted by molar-refractivity contribution is 5.46. The van der Waals surface area contributed by atoms with Crippen molar-refractivity contribution in [3.8, 4) is 6.07 Å². The molecule has 0 aromatic carbocycles. The van der Waals surface area contributed by atoms with Crippen LogP contribution in [0.4, 0.5) is 5.82 Å². The molecule has 0 atom stereocenters. The molecule has 1 fully saturated rings. The van der Waals surface area contributed by atoms with Crippen LogP contribution in [0.15, 0.2) is 12.4 Å². The first kappa shape index (κ1) is 13.8. The molecule has 1 aromatic rings. The van der Waals surface area contributed by atoms with Crippen molar-refractivity contribution in [1.82, 2.24) is 9.97 Å². The second-order valence-electron chi connectivity index (χ2n) is 4.78. The molecule has 1 aromatic heterocycles. The van der Waals surface area contributed by atoms with Crippen LogP contribution in [0, 0.1) is 11.3 Å². The van der Waals surface area contributed by atoms with Crippen molar-refractivity contribution in [2.45, 2.75) is 44.6 Å². The van der Waals surface area contributed by atoms with E-state index in [1.165, 1.54) is 38.3 Å². The first-order valence-electron chi connectivity index (χ1n) is 6.96. The molecule has 2 rings (SSSR count). The molecular formula is C14H20N4O. The lowest BCUT2D eigenvalue weighted by Gasteiger charge is -2.21. The van der Waals surface area contributed by atoms with Crippen LogP contribution in [0.5, 0.6) is 0 Å². The maximum Gasteiger partial charge on any atom is 0.182 e. The van der Waals surface area contributed by atoms with Gasteiger partial charge in [0.1, 0.15) is 6.07 Å². The van der Waals surface area contributed by atoms with E-state index in [2.05, 4.69) is 15.3 Å². The average Bonchev–Trinajstić information content (AvgIpc) is 2.48. The Morgan fingerprint density at radius 3 is 2.84 bits per heavy atom. The zero-order valence-electron chi connectivity index (χ0n) is 11.1. The minimum atomic E-state index is 0.343. The highest BCUT2D eigenvalue weighted by Crippen LogP contribution is 2.20. The lowest BCUT2D eigenvalue weighted by Crippen LogP contribution is -2.18. The quantitative estimate of drug-likeness (QED) is 0.796. The zero-order chi connectivity index (χ0) is 13.3. The largest absolute Gasteiger partial charge is 0.378 e. The van der Waals surface area contributed by atoms with Gasteiger partial charge in [0.15, 0.2) is 11.5 Å². The Balaban J connectivity index is 1.62. The van der Waals surface area contributed by atoms with Crippen molar-refractivity contribution in [2.75, 3.05) is 18.5 Å². The van der Waals surface area contributed by atoms with Gasteiger partial charge in [-0.05, 0) is 19.3 Å². The number of nitriles is 1. The zero-order valence-corrected chi connectivity index (χ0v) is 11.1. The second kappa shape index (κ2) is 7.70. The Hall–Kier alpha value is -1.67. The van der Waals surface area contributed by atoms with Gasteiger partial charge in [-0.15, -0.1) is 0 Å². The smallest absolute Gasteiger partial charge is 0.182 e. The Morgan fingerprint density at radius 2 is 2.05 bits per heavy atom. The molecule has 0 saturated heterocycles. The van der Waals surface area contributed by atoms with Crippen LogP contribution in [-0.2, 0) is 4.74 Å². The molecule has 0 radical (unpaired) electrons. The molecule has 1 N–H and O–H groups in total. The fraction of sp³-hybridized carbons (Fsp3) is 0.643. The normalized spacial score (nSPS) is 15.9. The minimum absolute atomic E-state index is 0.343. The molecule has 5 nitrogen and oxygen atoms in total. The number of aromatic nitrogens is 2. The molecule has 1 saturated carbocycles. The van der Waals surface area contributed by atoms with Gasteiger partial charge < -0.3 is 10.1 Å². The van der Waals surface area contributed by atoms with Crippen molar-refractivity contribution in [3.63, 3.8) is 0 Å². The molecule has 0 bridgehead atoms. The first-order valence-corrected chi connectivity index (χ1v) is 6.96. The van der Waals surface area contributed by atoms with Gasteiger partial charge in [0.25, 0.3) is 0 Å². The summed E-state index contributed by atoms with van der Waals surface area (Å²) in [6.07, 6.45) is 10.8. The van der Waals surface area contributed by atoms with Crippen molar-refractivity contribution in [3.05, 3.63) is 18.1 Å². The third-order valence-electron chi connectivity index (χ3n) is 3.32. The summed E-state index contributed by atoms with van der Waals surface area (Å²) in [5, 5.41) is 12.0. The third-order valence-corrected chi connectivity index (χ3v) is 3.32. The predicted molar refractivity (Wildman–Crippen MR) is 72.7 cm³/mol. The van der Waals surface area contributed by atoms with Gasteiger partial charge in [0.2, 0.25) is 0 Å². The van der Waals surface area contributed by atoms with Gasteiger partial charge in [0.05, 0.1) is 6.10 Å². The van der Waals surface area contributed by atoms with E-state index in [-0.39, 0.29) is 0 Å². The van der Waals surface area contributed by atoms with E-state index in [1.54, 1.807) is 6.20 Å². The summed E-state index contributed by atoms with van der Waals surface area (Å²) in [5.74, 6) is 0.558. The van der Waals surface area contributed by atoms with Crippen LogP contribution in [0.2, 0.25) is 0 Å². The van der Waals surface area contributed by atoms with E-state index >= 15 is 0 Å². The number of anilines is 1. The Labute approximate surface area is 114 Å². The summed E-state index contributed by atoms with van der Waals surface area (Å²) >= 11 is 0. The SMILES string of the molecule is N#Cc1nccnc1NCCCOC1CCCCC1. The van der Waals surface area contributed by atoms with Gasteiger partial charge >= 0.3 is 0 Å². The summed E-state index contributed by atoms with van der Waals surface area (Å²) in [7, 11) is 0. The lowest BCUT2D eigenvalue weighted by atomic mass is 9.98. The third kappa shape index (κ3) is 4.49. The number of ether oxygens (including phenoxy) is 1. The molecule has 1 heterocycles. The van der Waals surface area contributed by atoms with Crippen LogP contribution in [-0.4, -0.2) is 29.2 Å². The van der Waals surface area contributed by atoms with Gasteiger partial charge in [-0.1, -0.05) is 19.3 Å². The molecule has 0 aliphatic heterocycles. The van der Waals surface area contributed by atoms with E-state index in [0.29, 0.717) is 17.6 Å². The average molecular weight is 260 g/mol. The number of nitrogens with one attached hydrogen (secondary N) is 1. The second-order valence-corrected chi connectivity index (χ2v) is 4.78. The van der Waals surface area contributed by atoms with Gasteiger partial charge in [0, 0.05) is 25.5 Å². The monoisotopic (exact) mass is 260 g/mol. The highest BCUT2D eigenvalue weighted by atomic mass is 16.5. The van der Waals surface area contributed by atoms with E-state index < -0.39 is 0 Å². The molecule has 0 amide bonds. The van der Waals surface area contributed by atoms with E-state index in [0.717, 1.165) is 19.6 Å². The van der Waals surface area contributed by atoms with E-state index in [4.69, 9.17) is 10.00 Å². The minimum Gasteiger partial charge on any atom is -0.378 e. The standard InChI is InChI=1S/C14H20N4O/c15-11-13-14(18-9-8-16-13)17-7-4-10-19-12-5-2-1-3-6-12/h8-9,12H,1-7,10H2,(H,17,18). The molecule has 1 aliphatic carbocycles. The van der Waals surface area contributed by atoms with Crippen LogP contribution in [0.1, 0.15) is 44.2 Å². The first-order chi connectivity index (χ1) is 9.40. The number of nitrogens with zero attached hydrogens (tertiary/aromatic N) is 3. The molecule has 0 unspecified atom stereocenters. The van der Waals surface area contributed by atoms with Crippen molar-refractivity contribution < 1.29 is 4.74 Å². The summed E-state index contributed by atoms with van der Waals surface area (Å²) in [6.45, 7) is 1.51. The Kier molecular flexibility index (Phi) is 5.57. The number of hydrogen-bond acceptors (Lipinski definition) is 5. The molecule has 0 spiro atoms. The van der Waals surface area contributed by atoms with E-state index in [1.807, 2.05) is 6.07 Å². The predicted octanol–water partition coefficient (Wildman–Crippen LogP) is 2.50. The van der Waals surface area contributed by atoms with Crippen LogP contribution in [0.25, 0.3) is 0 Å². The Bertz CT molecular complexity index is 424. The summed E-state index contributed by atoms with van der Waals surface area (Å²) in [6, 6.07) is 2.02. The molecule has 102 valence electrons. The summed E-state index contributed by atoms with van der Waals surface area (Å²) < 4.78 is 5.84. The molecular weight excluding hydrogens is 240 g/mol. The van der Waals surface area contributed by atoms with Gasteiger partial charge in [-0.2, -0.15) is 5.26 Å². The van der Waals surface area contributed by atoms with E-state index in [9.17, 15) is 0 Å². The van der Waals surface area contributed by atoms with Crippen LogP contribution < -0.4 is 5.32 Å². The number of hydrogen-bond donors (Lipinski definition) is 1. The fourth-order valence-electron chi connectivity index (χ4n) is 2.31. The van der Waals surface area contributed by atoms with Crippen LogP contribution in [0.3, 0.4) is 0 Å². The molecule has 1 aliphatic rings. The fourth-order valence-corrected chi connectivity index (χ4v) is 2.31. The topological polar surface area (TPSA) is 70.8 Å². The lowest BCUT2D eigenvalue weighted by molar-refractivity contribution is 0.0284. The van der Waals surface area contributed by atoms with Crippen molar-refractivity contribution in [2.24, 2.45) is 0 Å². The Morgan fingerprint density at radius 1 is 1.26 bits per heavy atom. The summed E-state index contributed by atoms with van der Waals surface area (Å²) in [5.41, 5.74) is 0.343. The summed E-state index contributed by atoms with van der Waals surface area (Å²) in [4.78, 5) is 8.05. The van der Waals surface area contributed by atoms with Crippen molar-refractivity contribution in [1.29, 1.82) is 5.26 Å². The maximum absolute atomic E-state index is 8.87. The highest BCUT2D eigenvalue weighted by Gasteiger charge is 2.13. The molecule has 5 heteroatoms. The van der Waals surface area contributed by atoms with Gasteiger partial charge in [-0.3, -0.25) is 0 Å². The van der Waals surface area contributed by atoms with Gasteiger partial charge in [-0.25, -0.2) is 9.97 Å². The van der Waals surface area contributed by atoms with Crippen molar-refractivity contribution >= 4 is 5.82 Å². The molecule has 19 heavy (non-hydrogen) atoms.